The number of ether oxygens (including phenoxy) is 1. The van der Waals surface area contributed by atoms with Crippen molar-refractivity contribution < 1.29 is 28.6 Å². The maximum Gasteiger partial charge on any atom is 0.310 e. The number of ketones is 1. The second kappa shape index (κ2) is 4.90. The predicted molar refractivity (Wildman–Crippen MR) is 91.4 cm³/mol. The molecule has 3 fully saturated rings. The van der Waals surface area contributed by atoms with E-state index in [9.17, 15) is 19.5 Å². The third-order valence-corrected chi connectivity index (χ3v) is 7.29. The number of carbonyl (C=O) groups is 3. The van der Waals surface area contributed by atoms with Gasteiger partial charge in [0.15, 0.2) is 0 Å². The summed E-state index contributed by atoms with van der Waals surface area (Å²) in [6.45, 7) is 5.28. The van der Waals surface area contributed by atoms with E-state index >= 15 is 0 Å². The summed E-state index contributed by atoms with van der Waals surface area (Å²) in [6.07, 6.45) is 4.41. The van der Waals surface area contributed by atoms with Crippen LogP contribution in [0.5, 0.6) is 0 Å². The molecular weight excluding hydrogens is 350 g/mol. The molecule has 8 atom stereocenters. The van der Waals surface area contributed by atoms with Crippen LogP contribution in [0.4, 0.5) is 0 Å². The Balaban J connectivity index is 1.74. The highest BCUT2D eigenvalue weighted by atomic mass is 16.5. The third-order valence-electron chi connectivity index (χ3n) is 7.29. The molecule has 0 radical (unpaired) electrons. The maximum absolute atomic E-state index is 13.7. The number of carboxylic acid groups (broad SMARTS) is 1. The van der Waals surface area contributed by atoms with E-state index in [1.807, 2.05) is 6.08 Å². The maximum atomic E-state index is 13.7. The number of aliphatic carboxylic acids is 1. The number of rotatable bonds is 2. The molecule has 0 aromatic carbocycles. The van der Waals surface area contributed by atoms with Gasteiger partial charge in [-0.15, -0.1) is 0 Å². The van der Waals surface area contributed by atoms with Gasteiger partial charge in [0.05, 0.1) is 29.9 Å². The number of hydrogen-bond acceptors (Lipinski definition) is 5. The van der Waals surface area contributed by atoms with Crippen molar-refractivity contribution >= 4 is 17.7 Å². The fraction of sp³-hybridized carbons (Fsp3) is 0.550. The quantitative estimate of drug-likeness (QED) is 0.797. The molecule has 1 amide bonds. The van der Waals surface area contributed by atoms with Gasteiger partial charge in [-0.2, -0.15) is 0 Å². The predicted octanol–water partition coefficient (Wildman–Crippen LogP) is 1.80. The Hall–Kier alpha value is -2.41. The Bertz CT molecular complexity index is 890. The van der Waals surface area contributed by atoms with Crippen molar-refractivity contribution in [3.05, 3.63) is 36.3 Å². The number of carbonyl (C=O) groups excluding carboxylic acids is 2. The van der Waals surface area contributed by atoms with Gasteiger partial charge < -0.3 is 19.2 Å². The molecule has 1 spiro atoms. The molecule has 0 aliphatic carbocycles. The van der Waals surface area contributed by atoms with Crippen LogP contribution >= 0.6 is 0 Å². The number of furan rings is 1. The Kier molecular flexibility index (Phi) is 3.04. The molecule has 5 rings (SSSR count). The first-order valence-corrected chi connectivity index (χ1v) is 9.25. The molecule has 2 bridgehead atoms. The molecule has 1 aromatic rings. The molecule has 3 saturated heterocycles. The van der Waals surface area contributed by atoms with Crippen LogP contribution in [0, 0.1) is 23.2 Å². The van der Waals surface area contributed by atoms with Gasteiger partial charge in [0, 0.05) is 11.8 Å². The molecular formula is C20H21NO6. The summed E-state index contributed by atoms with van der Waals surface area (Å²) < 4.78 is 11.8. The molecule has 4 aliphatic rings. The molecule has 1 aromatic heterocycles. The Morgan fingerprint density at radius 1 is 1.26 bits per heavy atom. The summed E-state index contributed by atoms with van der Waals surface area (Å²) in [6, 6.07) is 2.36. The minimum Gasteiger partial charge on any atom is -0.481 e. The van der Waals surface area contributed by atoms with Crippen LogP contribution in [0.15, 0.2) is 35.0 Å². The number of hydrogen-bond donors (Lipinski definition) is 1. The van der Waals surface area contributed by atoms with Gasteiger partial charge in [-0.3, -0.25) is 14.4 Å². The summed E-state index contributed by atoms with van der Waals surface area (Å²) in [5, 5.41) is 9.85. The molecule has 7 nitrogen and oxygen atoms in total. The average Bonchev–Trinajstić information content (AvgIpc) is 3.35. The molecule has 142 valence electrons. The van der Waals surface area contributed by atoms with Crippen LogP contribution in [0.1, 0.15) is 32.6 Å². The van der Waals surface area contributed by atoms with Crippen molar-refractivity contribution in [1.29, 1.82) is 0 Å². The summed E-state index contributed by atoms with van der Waals surface area (Å²) in [4.78, 5) is 40.5. The third kappa shape index (κ3) is 1.61. The average molecular weight is 371 g/mol. The monoisotopic (exact) mass is 371 g/mol. The van der Waals surface area contributed by atoms with E-state index in [2.05, 4.69) is 0 Å². The van der Waals surface area contributed by atoms with Crippen LogP contribution in [-0.2, 0) is 19.1 Å². The van der Waals surface area contributed by atoms with Gasteiger partial charge in [0.2, 0.25) is 5.91 Å². The van der Waals surface area contributed by atoms with Crippen molar-refractivity contribution in [3.63, 3.8) is 0 Å². The van der Waals surface area contributed by atoms with Crippen LogP contribution in [0.2, 0.25) is 0 Å². The summed E-state index contributed by atoms with van der Waals surface area (Å²) in [5.74, 6) is -2.66. The highest BCUT2D eigenvalue weighted by molar-refractivity contribution is 5.98. The van der Waals surface area contributed by atoms with E-state index in [-0.39, 0.29) is 11.7 Å². The van der Waals surface area contributed by atoms with E-state index in [4.69, 9.17) is 9.15 Å². The number of Topliss-reactive ketones (excluding diaryl/α,β-unsaturated/α-hetero) is 1. The summed E-state index contributed by atoms with van der Waals surface area (Å²) >= 11 is 0. The SMILES string of the molecule is C[C@@H]1C(=O)[C@H](C)[C@@H](c2ccco2)N2C(=O)[C@@]3(C)[C@@H](C(=O)O)[C@@H]4C=C[C@]3(O4)[C@@H]12. The lowest BCUT2D eigenvalue weighted by Crippen LogP contribution is -2.58. The first-order chi connectivity index (χ1) is 12.8. The minimum absolute atomic E-state index is 0.0308. The number of carboxylic acids is 1. The number of piperidine rings is 1. The first kappa shape index (κ1) is 16.7. The molecule has 0 saturated carbocycles. The van der Waals surface area contributed by atoms with Gasteiger partial charge >= 0.3 is 5.97 Å². The molecule has 1 N–H and O–H groups in total. The Morgan fingerprint density at radius 2 is 2.00 bits per heavy atom. The lowest BCUT2D eigenvalue weighted by atomic mass is 9.61. The van der Waals surface area contributed by atoms with E-state index in [1.165, 1.54) is 6.26 Å². The van der Waals surface area contributed by atoms with Gasteiger partial charge in [-0.1, -0.05) is 26.0 Å². The zero-order chi connectivity index (χ0) is 19.3. The summed E-state index contributed by atoms with van der Waals surface area (Å²) in [5.41, 5.74) is -2.37. The molecule has 27 heavy (non-hydrogen) atoms. The molecule has 5 heterocycles. The second-order valence-corrected chi connectivity index (χ2v) is 8.35. The number of fused-ring (bicyclic) bond motifs is 2. The lowest BCUT2D eigenvalue weighted by Gasteiger charge is -2.46. The second-order valence-electron chi connectivity index (χ2n) is 8.35. The highest BCUT2D eigenvalue weighted by Crippen LogP contribution is 2.66. The van der Waals surface area contributed by atoms with Gasteiger partial charge in [0.1, 0.15) is 23.1 Å². The van der Waals surface area contributed by atoms with Crippen molar-refractivity contribution in [1.82, 2.24) is 4.90 Å². The number of amides is 1. The van der Waals surface area contributed by atoms with E-state index in [0.717, 1.165) is 0 Å². The van der Waals surface area contributed by atoms with Gasteiger partial charge in [0.25, 0.3) is 0 Å². The van der Waals surface area contributed by atoms with Gasteiger partial charge in [-0.05, 0) is 19.1 Å². The zero-order valence-corrected chi connectivity index (χ0v) is 15.3. The van der Waals surface area contributed by atoms with E-state index in [1.54, 1.807) is 43.9 Å². The highest BCUT2D eigenvalue weighted by Gasteiger charge is 2.81. The fourth-order valence-electron chi connectivity index (χ4n) is 6.07. The molecule has 7 heteroatoms. The van der Waals surface area contributed by atoms with Crippen molar-refractivity contribution in [2.75, 3.05) is 0 Å². The topological polar surface area (TPSA) is 97.1 Å². The Labute approximate surface area is 156 Å². The fourth-order valence-corrected chi connectivity index (χ4v) is 6.07. The van der Waals surface area contributed by atoms with Crippen molar-refractivity contribution in [2.24, 2.45) is 23.2 Å². The van der Waals surface area contributed by atoms with Crippen LogP contribution in [-0.4, -0.2) is 45.4 Å². The normalized spacial score (nSPS) is 47.4. The first-order valence-electron chi connectivity index (χ1n) is 9.25. The van der Waals surface area contributed by atoms with Crippen LogP contribution < -0.4 is 0 Å². The van der Waals surface area contributed by atoms with Gasteiger partial charge in [-0.25, -0.2) is 0 Å². The van der Waals surface area contributed by atoms with E-state index < -0.39 is 52.9 Å². The van der Waals surface area contributed by atoms with Crippen LogP contribution in [0.25, 0.3) is 0 Å². The van der Waals surface area contributed by atoms with Crippen molar-refractivity contribution in [3.8, 4) is 0 Å². The Morgan fingerprint density at radius 3 is 2.63 bits per heavy atom. The minimum atomic E-state index is -1.26. The smallest absolute Gasteiger partial charge is 0.310 e. The summed E-state index contributed by atoms with van der Waals surface area (Å²) in [7, 11) is 0. The molecule has 0 unspecified atom stereocenters. The van der Waals surface area contributed by atoms with E-state index in [0.29, 0.717) is 5.76 Å². The van der Waals surface area contributed by atoms with Crippen LogP contribution in [0.3, 0.4) is 0 Å². The number of nitrogens with zero attached hydrogens (tertiary/aromatic N) is 1. The largest absolute Gasteiger partial charge is 0.481 e. The molecule has 4 aliphatic heterocycles. The zero-order valence-electron chi connectivity index (χ0n) is 15.3. The van der Waals surface area contributed by atoms with Crippen molar-refractivity contribution in [2.45, 2.75) is 44.6 Å². The standard InChI is InChI=1S/C20H21NO6/c1-9-14(12-5-4-8-26-12)21-16(10(2)15(9)22)20-7-6-11(27-20)13(17(23)24)19(20,3)18(21)25/h4-11,13-14,16H,1-3H3,(H,23,24)/t9-,10-,11+,13-,14+,16-,19-,20+/m1/s1. The lowest BCUT2D eigenvalue weighted by molar-refractivity contribution is -0.158.